The average molecular weight is 437 g/mol. The standard InChI is InChI=1S/C22H44O4S2/c1-4-7-9-11-13-15-18-27-20(17-6-3)22(24,25)21(23)26-28-19-16-14-12-10-8-5-2/h20,24-25H,4-19H2,1-3H3. The van der Waals surface area contributed by atoms with E-state index < -0.39 is 17.0 Å². The van der Waals surface area contributed by atoms with Crippen molar-refractivity contribution in [3.8, 4) is 0 Å². The van der Waals surface area contributed by atoms with Crippen LogP contribution in [0.1, 0.15) is 111 Å². The Labute approximate surface area is 182 Å². The minimum atomic E-state index is -2.41. The lowest BCUT2D eigenvalue weighted by Crippen LogP contribution is -2.48. The molecule has 1 unspecified atom stereocenters. The molecule has 1 atom stereocenters. The summed E-state index contributed by atoms with van der Waals surface area (Å²) < 4.78 is 5.10. The maximum atomic E-state index is 12.2. The van der Waals surface area contributed by atoms with E-state index in [2.05, 4.69) is 13.8 Å². The molecule has 0 heterocycles. The monoisotopic (exact) mass is 436 g/mol. The minimum Gasteiger partial charge on any atom is -0.387 e. The van der Waals surface area contributed by atoms with E-state index in [0.29, 0.717) is 12.2 Å². The van der Waals surface area contributed by atoms with Gasteiger partial charge in [-0.3, -0.25) is 0 Å². The summed E-state index contributed by atoms with van der Waals surface area (Å²) in [5.74, 6) is -1.77. The van der Waals surface area contributed by atoms with Gasteiger partial charge in [0.05, 0.1) is 17.3 Å². The zero-order chi connectivity index (χ0) is 21.1. The molecular weight excluding hydrogens is 392 g/mol. The fraction of sp³-hybridized carbons (Fsp3) is 0.955. The summed E-state index contributed by atoms with van der Waals surface area (Å²) in [6.45, 7) is 6.40. The van der Waals surface area contributed by atoms with Crippen LogP contribution in [0, 0.1) is 0 Å². The van der Waals surface area contributed by atoms with Gasteiger partial charge in [-0.1, -0.05) is 91.4 Å². The first-order chi connectivity index (χ1) is 13.5. The number of hydrogen-bond acceptors (Lipinski definition) is 6. The van der Waals surface area contributed by atoms with Crippen LogP contribution in [0.25, 0.3) is 0 Å². The van der Waals surface area contributed by atoms with Crippen molar-refractivity contribution in [2.45, 2.75) is 122 Å². The molecule has 0 rings (SSSR count). The van der Waals surface area contributed by atoms with Crippen molar-refractivity contribution in [2.75, 3.05) is 11.5 Å². The van der Waals surface area contributed by atoms with Crippen LogP contribution in [0.2, 0.25) is 0 Å². The van der Waals surface area contributed by atoms with Crippen molar-refractivity contribution in [1.29, 1.82) is 0 Å². The van der Waals surface area contributed by atoms with Gasteiger partial charge in [0.15, 0.2) is 0 Å². The normalized spacial score (nSPS) is 12.9. The van der Waals surface area contributed by atoms with Gasteiger partial charge in [0, 0.05) is 5.75 Å². The van der Waals surface area contributed by atoms with Crippen LogP contribution in [0.4, 0.5) is 0 Å². The fourth-order valence-corrected chi connectivity index (χ4v) is 5.02. The zero-order valence-corrected chi connectivity index (χ0v) is 20.1. The molecule has 0 fully saturated rings. The van der Waals surface area contributed by atoms with Crippen molar-refractivity contribution >= 4 is 29.8 Å². The molecule has 0 aromatic heterocycles. The van der Waals surface area contributed by atoms with Crippen LogP contribution in [0.3, 0.4) is 0 Å². The summed E-state index contributed by atoms with van der Waals surface area (Å²) in [6.07, 6.45) is 15.7. The van der Waals surface area contributed by atoms with E-state index in [4.69, 9.17) is 4.18 Å². The predicted octanol–water partition coefficient (Wildman–Crippen LogP) is 6.48. The van der Waals surface area contributed by atoms with Gasteiger partial charge in [0.1, 0.15) is 0 Å². The fourth-order valence-electron chi connectivity index (χ4n) is 3.00. The van der Waals surface area contributed by atoms with E-state index in [9.17, 15) is 15.0 Å². The van der Waals surface area contributed by atoms with Crippen LogP contribution < -0.4 is 0 Å². The number of thioether (sulfide) groups is 1. The van der Waals surface area contributed by atoms with Gasteiger partial charge < -0.3 is 14.4 Å². The molecule has 0 aliphatic carbocycles. The Morgan fingerprint density at radius 3 is 1.82 bits per heavy atom. The number of hydrogen-bond donors (Lipinski definition) is 2. The molecule has 2 N–H and O–H groups in total. The Morgan fingerprint density at radius 1 is 0.786 bits per heavy atom. The van der Waals surface area contributed by atoms with E-state index in [1.165, 1.54) is 63.1 Å². The molecule has 0 radical (unpaired) electrons. The highest BCUT2D eigenvalue weighted by Crippen LogP contribution is 2.29. The Morgan fingerprint density at radius 2 is 1.29 bits per heavy atom. The lowest BCUT2D eigenvalue weighted by atomic mass is 10.1. The van der Waals surface area contributed by atoms with Crippen LogP contribution >= 0.6 is 23.8 Å². The highest BCUT2D eigenvalue weighted by Gasteiger charge is 2.44. The molecule has 4 nitrogen and oxygen atoms in total. The zero-order valence-electron chi connectivity index (χ0n) is 18.4. The summed E-state index contributed by atoms with van der Waals surface area (Å²) in [5.41, 5.74) is 0. The average Bonchev–Trinajstić information content (AvgIpc) is 2.68. The van der Waals surface area contributed by atoms with E-state index in [1.807, 2.05) is 6.92 Å². The van der Waals surface area contributed by atoms with Gasteiger partial charge >= 0.3 is 5.97 Å². The molecule has 28 heavy (non-hydrogen) atoms. The van der Waals surface area contributed by atoms with Gasteiger partial charge in [-0.25, -0.2) is 4.79 Å². The molecule has 0 saturated heterocycles. The van der Waals surface area contributed by atoms with Crippen LogP contribution in [0.15, 0.2) is 0 Å². The first kappa shape index (κ1) is 28.1. The number of carbonyl (C=O) groups is 1. The Kier molecular flexibility index (Phi) is 19.1. The van der Waals surface area contributed by atoms with Crippen LogP contribution in [-0.2, 0) is 8.98 Å². The van der Waals surface area contributed by atoms with E-state index in [0.717, 1.165) is 49.9 Å². The van der Waals surface area contributed by atoms with Crippen molar-refractivity contribution in [3.05, 3.63) is 0 Å². The molecule has 6 heteroatoms. The quantitative estimate of drug-likeness (QED) is 0.129. The number of aliphatic hydroxyl groups is 2. The second kappa shape index (κ2) is 19.1. The first-order valence-electron chi connectivity index (χ1n) is 11.4. The maximum absolute atomic E-state index is 12.2. The van der Waals surface area contributed by atoms with Crippen molar-refractivity contribution < 1.29 is 19.2 Å². The van der Waals surface area contributed by atoms with Crippen LogP contribution in [-0.4, -0.2) is 38.7 Å². The number of unbranched alkanes of at least 4 members (excludes halogenated alkanes) is 10. The largest absolute Gasteiger partial charge is 0.387 e. The van der Waals surface area contributed by atoms with E-state index >= 15 is 0 Å². The van der Waals surface area contributed by atoms with Crippen molar-refractivity contribution in [1.82, 2.24) is 0 Å². The Balaban J connectivity index is 4.09. The molecule has 0 bridgehead atoms. The summed E-state index contributed by atoms with van der Waals surface area (Å²) in [5, 5.41) is 20.3. The van der Waals surface area contributed by atoms with E-state index in [1.54, 1.807) is 0 Å². The van der Waals surface area contributed by atoms with Gasteiger partial charge in [-0.2, -0.15) is 11.8 Å². The molecule has 0 aromatic rings. The van der Waals surface area contributed by atoms with Gasteiger partial charge in [0.25, 0.3) is 5.79 Å². The summed E-state index contributed by atoms with van der Waals surface area (Å²) >= 11 is 2.54. The molecule has 168 valence electrons. The topological polar surface area (TPSA) is 66.8 Å². The molecule has 0 aliphatic heterocycles. The second-order valence-electron chi connectivity index (χ2n) is 7.60. The molecule has 0 aliphatic rings. The highest BCUT2D eigenvalue weighted by molar-refractivity contribution is 8.00. The lowest BCUT2D eigenvalue weighted by Gasteiger charge is -2.28. The molecule has 0 saturated carbocycles. The number of carbonyl (C=O) groups excluding carboxylic acids is 1. The van der Waals surface area contributed by atoms with Crippen molar-refractivity contribution in [3.63, 3.8) is 0 Å². The smallest absolute Gasteiger partial charge is 0.379 e. The Hall–Kier alpha value is 0.0900. The highest BCUT2D eigenvalue weighted by atomic mass is 32.2. The molecular formula is C22H44O4S2. The SMILES string of the molecule is CCCCCCCCSOC(=O)C(O)(O)C(CCC)SCCCCCCCC. The summed E-state index contributed by atoms with van der Waals surface area (Å²) in [6, 6.07) is 0. The maximum Gasteiger partial charge on any atom is 0.379 e. The van der Waals surface area contributed by atoms with Crippen molar-refractivity contribution in [2.24, 2.45) is 0 Å². The van der Waals surface area contributed by atoms with E-state index in [-0.39, 0.29) is 0 Å². The van der Waals surface area contributed by atoms with Crippen LogP contribution in [0.5, 0.6) is 0 Å². The third kappa shape index (κ3) is 14.1. The third-order valence-corrected chi connectivity index (χ3v) is 7.05. The second-order valence-corrected chi connectivity index (χ2v) is 9.72. The predicted molar refractivity (Wildman–Crippen MR) is 124 cm³/mol. The summed E-state index contributed by atoms with van der Waals surface area (Å²) in [4.78, 5) is 12.2. The third-order valence-electron chi connectivity index (χ3n) is 4.83. The molecule has 0 spiro atoms. The van der Waals surface area contributed by atoms with Gasteiger partial charge in [0.2, 0.25) is 0 Å². The lowest BCUT2D eigenvalue weighted by molar-refractivity contribution is -0.199. The molecule has 0 amide bonds. The number of rotatable bonds is 20. The minimum absolute atomic E-state index is 0.532. The van der Waals surface area contributed by atoms with Gasteiger partial charge in [-0.15, -0.1) is 0 Å². The summed E-state index contributed by atoms with van der Waals surface area (Å²) in [7, 11) is 0. The molecule has 0 aromatic carbocycles. The van der Waals surface area contributed by atoms with Gasteiger partial charge in [-0.05, 0) is 25.0 Å². The Bertz CT molecular complexity index is 364. The first-order valence-corrected chi connectivity index (χ1v) is 13.4.